The van der Waals surface area contributed by atoms with E-state index in [2.05, 4.69) is 17.8 Å². The first-order valence-electron chi connectivity index (χ1n) is 3.14. The maximum Gasteiger partial charge on any atom is 0.220 e. The molecular weight excluding hydrogens is 166 g/mol. The lowest BCUT2D eigenvalue weighted by molar-refractivity contribution is -0.119. The second-order valence-corrected chi connectivity index (χ2v) is 4.45. The summed E-state index contributed by atoms with van der Waals surface area (Å²) in [4.78, 5) is 10.1. The van der Waals surface area contributed by atoms with E-state index in [1.807, 2.05) is 0 Å². The molecule has 60 valence electrons. The molecule has 1 fully saturated rings. The molecule has 1 amide bonds. The molecule has 2 nitrogen and oxygen atoms in total. The standard InChI is InChI=1S/C4H7NO.C2H6S2/c6-4-2-1-3-5-4;1-3-4-2/h1-3H2,(H,5,6);1-2H3. The lowest BCUT2D eigenvalue weighted by atomic mass is 10.4. The van der Waals surface area contributed by atoms with Crippen molar-refractivity contribution in [1.82, 2.24) is 5.32 Å². The summed E-state index contributed by atoms with van der Waals surface area (Å²) in [5.74, 6) is 0.204. The zero-order chi connectivity index (χ0) is 7.82. The van der Waals surface area contributed by atoms with Gasteiger partial charge in [0, 0.05) is 13.0 Å². The molecule has 4 heteroatoms. The summed E-state index contributed by atoms with van der Waals surface area (Å²) in [5, 5.41) is 2.68. The molecular formula is C6H13NOS2. The molecule has 0 unspecified atom stereocenters. The van der Waals surface area contributed by atoms with E-state index in [-0.39, 0.29) is 5.91 Å². The van der Waals surface area contributed by atoms with Gasteiger partial charge in [0.25, 0.3) is 0 Å². The highest BCUT2D eigenvalue weighted by Crippen LogP contribution is 2.09. The second kappa shape index (κ2) is 7.28. The molecule has 0 radical (unpaired) electrons. The molecule has 0 atom stereocenters. The van der Waals surface area contributed by atoms with Crippen molar-refractivity contribution in [3.8, 4) is 0 Å². The van der Waals surface area contributed by atoms with E-state index < -0.39 is 0 Å². The summed E-state index contributed by atoms with van der Waals surface area (Å²) >= 11 is 0. The molecule has 1 rings (SSSR count). The van der Waals surface area contributed by atoms with E-state index in [1.54, 1.807) is 21.6 Å². The fraction of sp³-hybridized carbons (Fsp3) is 0.833. The first-order chi connectivity index (χ1) is 4.81. The summed E-state index contributed by atoms with van der Waals surface area (Å²) in [6.07, 6.45) is 5.88. The van der Waals surface area contributed by atoms with Gasteiger partial charge in [0.05, 0.1) is 0 Å². The van der Waals surface area contributed by atoms with Gasteiger partial charge in [-0.15, -0.1) is 0 Å². The number of hydrogen-bond donors (Lipinski definition) is 1. The van der Waals surface area contributed by atoms with Crippen LogP contribution in [-0.4, -0.2) is 25.0 Å². The summed E-state index contributed by atoms with van der Waals surface area (Å²) in [7, 11) is 3.55. The van der Waals surface area contributed by atoms with Crippen LogP contribution in [-0.2, 0) is 4.79 Å². The van der Waals surface area contributed by atoms with Crippen molar-refractivity contribution < 1.29 is 4.79 Å². The van der Waals surface area contributed by atoms with Crippen LogP contribution >= 0.6 is 21.6 Å². The van der Waals surface area contributed by atoms with Gasteiger partial charge < -0.3 is 5.32 Å². The van der Waals surface area contributed by atoms with Gasteiger partial charge in [-0.2, -0.15) is 0 Å². The number of carbonyl (C=O) groups is 1. The lowest BCUT2D eigenvalue weighted by Gasteiger charge is -1.80. The van der Waals surface area contributed by atoms with Gasteiger partial charge in [-0.3, -0.25) is 4.79 Å². The molecule has 0 spiro atoms. The van der Waals surface area contributed by atoms with E-state index in [4.69, 9.17) is 0 Å². The van der Waals surface area contributed by atoms with Crippen molar-refractivity contribution in [1.29, 1.82) is 0 Å². The molecule has 1 saturated heterocycles. The average molecular weight is 179 g/mol. The average Bonchev–Trinajstić information content (AvgIpc) is 2.40. The highest BCUT2D eigenvalue weighted by atomic mass is 33.1. The van der Waals surface area contributed by atoms with Gasteiger partial charge in [0.2, 0.25) is 5.91 Å². The van der Waals surface area contributed by atoms with Crippen LogP contribution in [0.5, 0.6) is 0 Å². The summed E-state index contributed by atoms with van der Waals surface area (Å²) in [5.41, 5.74) is 0. The van der Waals surface area contributed by atoms with E-state index in [0.717, 1.165) is 19.4 Å². The van der Waals surface area contributed by atoms with Crippen molar-refractivity contribution in [2.75, 3.05) is 19.1 Å². The fourth-order valence-electron chi connectivity index (χ4n) is 0.565. The van der Waals surface area contributed by atoms with Crippen LogP contribution in [0, 0.1) is 0 Å². The third-order valence-corrected chi connectivity index (χ3v) is 2.40. The molecule has 0 bridgehead atoms. The predicted octanol–water partition coefficient (Wildman–Crippen LogP) is 1.52. The Morgan fingerprint density at radius 1 is 1.40 bits per heavy atom. The molecule has 1 aliphatic rings. The summed E-state index contributed by atoms with van der Waals surface area (Å²) in [6, 6.07) is 0. The van der Waals surface area contributed by atoms with Gasteiger partial charge in [-0.05, 0) is 18.9 Å². The van der Waals surface area contributed by atoms with Gasteiger partial charge in [0.1, 0.15) is 0 Å². The predicted molar refractivity (Wildman–Crippen MR) is 49.3 cm³/mol. The fourth-order valence-corrected chi connectivity index (χ4v) is 0.565. The number of amides is 1. The molecule has 0 aliphatic carbocycles. The Bertz CT molecular complexity index is 87.7. The molecule has 10 heavy (non-hydrogen) atoms. The maximum atomic E-state index is 10.1. The first kappa shape index (κ1) is 10.2. The molecule has 1 aliphatic heterocycles. The number of carbonyl (C=O) groups excluding carboxylic acids is 1. The SMILES string of the molecule is CSSC.O=C1CCCN1. The first-order valence-corrected chi connectivity index (χ1v) is 6.11. The van der Waals surface area contributed by atoms with Crippen LogP contribution < -0.4 is 5.32 Å². The van der Waals surface area contributed by atoms with Gasteiger partial charge >= 0.3 is 0 Å². The summed E-state index contributed by atoms with van der Waals surface area (Å²) < 4.78 is 0. The normalized spacial score (nSPS) is 15.6. The van der Waals surface area contributed by atoms with Gasteiger partial charge in [-0.25, -0.2) is 0 Å². The van der Waals surface area contributed by atoms with E-state index in [9.17, 15) is 4.79 Å². The topological polar surface area (TPSA) is 29.1 Å². The third kappa shape index (κ3) is 6.29. The Kier molecular flexibility index (Phi) is 7.40. The van der Waals surface area contributed by atoms with Crippen molar-refractivity contribution in [2.45, 2.75) is 12.8 Å². The lowest BCUT2D eigenvalue weighted by Crippen LogP contribution is -2.12. The highest BCUT2D eigenvalue weighted by molar-refractivity contribution is 8.76. The number of nitrogens with one attached hydrogen (secondary N) is 1. The largest absolute Gasteiger partial charge is 0.356 e. The minimum atomic E-state index is 0.204. The minimum absolute atomic E-state index is 0.204. The second-order valence-electron chi connectivity index (χ2n) is 1.79. The molecule has 0 aromatic heterocycles. The van der Waals surface area contributed by atoms with Crippen molar-refractivity contribution in [3.63, 3.8) is 0 Å². The van der Waals surface area contributed by atoms with Crippen LogP contribution in [0.25, 0.3) is 0 Å². The van der Waals surface area contributed by atoms with Crippen molar-refractivity contribution in [2.24, 2.45) is 0 Å². The smallest absolute Gasteiger partial charge is 0.220 e. The molecule has 0 saturated carbocycles. The Morgan fingerprint density at radius 3 is 2.10 bits per heavy atom. The Labute approximate surface area is 69.9 Å². The van der Waals surface area contributed by atoms with E-state index in [1.165, 1.54) is 0 Å². The van der Waals surface area contributed by atoms with Crippen LogP contribution in [0.15, 0.2) is 0 Å². The monoisotopic (exact) mass is 179 g/mol. The van der Waals surface area contributed by atoms with Crippen LogP contribution in [0.2, 0.25) is 0 Å². The Hall–Kier alpha value is 0.170. The van der Waals surface area contributed by atoms with E-state index >= 15 is 0 Å². The van der Waals surface area contributed by atoms with Crippen LogP contribution in [0.3, 0.4) is 0 Å². The Morgan fingerprint density at radius 2 is 2.00 bits per heavy atom. The zero-order valence-corrected chi connectivity index (χ0v) is 7.98. The quantitative estimate of drug-likeness (QED) is 0.619. The Balaban J connectivity index is 0.000000180. The maximum absolute atomic E-state index is 10.1. The molecule has 1 heterocycles. The van der Waals surface area contributed by atoms with Crippen molar-refractivity contribution >= 4 is 27.5 Å². The number of hydrogen-bond acceptors (Lipinski definition) is 3. The molecule has 1 N–H and O–H groups in total. The zero-order valence-electron chi connectivity index (χ0n) is 6.35. The van der Waals surface area contributed by atoms with E-state index in [0.29, 0.717) is 0 Å². The highest BCUT2D eigenvalue weighted by Gasteiger charge is 2.05. The minimum Gasteiger partial charge on any atom is -0.356 e. The van der Waals surface area contributed by atoms with Gasteiger partial charge in [-0.1, -0.05) is 21.6 Å². The summed E-state index contributed by atoms with van der Waals surface area (Å²) in [6.45, 7) is 0.888. The molecule has 0 aromatic rings. The molecule has 0 aromatic carbocycles. The number of rotatable bonds is 1. The van der Waals surface area contributed by atoms with Crippen molar-refractivity contribution in [3.05, 3.63) is 0 Å². The third-order valence-electron chi connectivity index (χ3n) is 1.07. The van der Waals surface area contributed by atoms with Gasteiger partial charge in [0.15, 0.2) is 0 Å². The van der Waals surface area contributed by atoms with Crippen LogP contribution in [0.4, 0.5) is 0 Å². The van der Waals surface area contributed by atoms with Crippen LogP contribution in [0.1, 0.15) is 12.8 Å².